The number of anilines is 1. The van der Waals surface area contributed by atoms with E-state index in [-0.39, 0.29) is 5.91 Å². The second-order valence-electron chi connectivity index (χ2n) is 6.17. The molecule has 0 aliphatic carbocycles. The minimum atomic E-state index is 0.188. The predicted octanol–water partition coefficient (Wildman–Crippen LogP) is 1.45. The zero-order chi connectivity index (χ0) is 15.5. The number of benzene rings is 1. The highest BCUT2D eigenvalue weighted by atomic mass is 16.5. The summed E-state index contributed by atoms with van der Waals surface area (Å²) in [5, 5.41) is 7.02. The number of hydrogen-bond donors (Lipinski definition) is 2. The van der Waals surface area contributed by atoms with Crippen LogP contribution in [0.3, 0.4) is 0 Å². The monoisotopic (exact) mass is 303 g/mol. The Morgan fingerprint density at radius 2 is 2.27 bits per heavy atom. The molecule has 1 fully saturated rings. The maximum Gasteiger partial charge on any atom is 0.227 e. The lowest BCUT2D eigenvalue weighted by Gasteiger charge is -2.28. The van der Waals surface area contributed by atoms with Gasteiger partial charge in [0.05, 0.1) is 7.11 Å². The fraction of sp³-hybridized carbons (Fsp3) is 0.588. The molecule has 2 aliphatic rings. The van der Waals surface area contributed by atoms with Crippen LogP contribution in [0, 0.1) is 0 Å². The van der Waals surface area contributed by atoms with Crippen molar-refractivity contribution in [1.29, 1.82) is 0 Å². The number of aryl methyl sites for hydroxylation is 1. The number of methoxy groups -OCH3 is 1. The van der Waals surface area contributed by atoms with Gasteiger partial charge in [0.25, 0.3) is 0 Å². The summed E-state index contributed by atoms with van der Waals surface area (Å²) < 4.78 is 5.55. The molecule has 0 spiro atoms. The number of nitrogens with one attached hydrogen (secondary N) is 2. The molecule has 1 atom stereocenters. The molecule has 2 heterocycles. The van der Waals surface area contributed by atoms with Crippen LogP contribution in [0.4, 0.5) is 5.69 Å². The second kappa shape index (κ2) is 6.67. The highest BCUT2D eigenvalue weighted by molar-refractivity contribution is 5.96. The Morgan fingerprint density at radius 1 is 1.41 bits per heavy atom. The van der Waals surface area contributed by atoms with Gasteiger partial charge >= 0.3 is 0 Å². The highest BCUT2D eigenvalue weighted by Gasteiger charge is 2.23. The van der Waals surface area contributed by atoms with E-state index >= 15 is 0 Å². The van der Waals surface area contributed by atoms with Crippen LogP contribution in [0.25, 0.3) is 0 Å². The normalized spacial score (nSPS) is 21.6. The molecule has 5 heteroatoms. The molecule has 22 heavy (non-hydrogen) atoms. The number of carbonyl (C=O) groups excluding carboxylic acids is 1. The van der Waals surface area contributed by atoms with Gasteiger partial charge in [0.15, 0.2) is 0 Å². The standard InChI is InChI=1S/C17H25N3O2/c1-20-15-8-13(10-19-14-4-3-7-18-11-14)16(22-2)9-12(15)5-6-17(20)21/h8-9,14,18-19H,3-7,10-11H2,1-2H3. The minimum absolute atomic E-state index is 0.188. The Hall–Kier alpha value is -1.59. The molecule has 0 aromatic heterocycles. The van der Waals surface area contributed by atoms with Gasteiger partial charge in [-0.1, -0.05) is 0 Å². The van der Waals surface area contributed by atoms with E-state index < -0.39 is 0 Å². The van der Waals surface area contributed by atoms with Gasteiger partial charge in [-0.15, -0.1) is 0 Å². The number of piperidine rings is 1. The molecule has 120 valence electrons. The quantitative estimate of drug-likeness (QED) is 0.884. The van der Waals surface area contributed by atoms with Gasteiger partial charge in [-0.05, 0) is 43.5 Å². The van der Waals surface area contributed by atoms with Crippen molar-refractivity contribution in [2.75, 3.05) is 32.1 Å². The van der Waals surface area contributed by atoms with Gasteiger partial charge in [-0.3, -0.25) is 4.79 Å². The SMILES string of the molecule is COc1cc2c(cc1CNC1CCCNC1)N(C)C(=O)CC2. The van der Waals surface area contributed by atoms with Crippen LogP contribution in [-0.4, -0.2) is 39.2 Å². The van der Waals surface area contributed by atoms with Gasteiger partial charge in [-0.25, -0.2) is 0 Å². The molecule has 2 aliphatic heterocycles. The molecule has 2 N–H and O–H groups in total. The zero-order valence-corrected chi connectivity index (χ0v) is 13.4. The number of nitrogens with zero attached hydrogens (tertiary/aromatic N) is 1. The second-order valence-corrected chi connectivity index (χ2v) is 6.17. The molecular formula is C17H25N3O2. The Kier molecular flexibility index (Phi) is 4.64. The van der Waals surface area contributed by atoms with Crippen LogP contribution in [0.1, 0.15) is 30.4 Å². The number of fused-ring (bicyclic) bond motifs is 1. The van der Waals surface area contributed by atoms with E-state index in [1.165, 1.54) is 18.4 Å². The smallest absolute Gasteiger partial charge is 0.227 e. The van der Waals surface area contributed by atoms with Crippen molar-refractivity contribution in [1.82, 2.24) is 10.6 Å². The minimum Gasteiger partial charge on any atom is -0.496 e. The summed E-state index contributed by atoms with van der Waals surface area (Å²) in [5.74, 6) is 1.10. The van der Waals surface area contributed by atoms with Gasteiger partial charge < -0.3 is 20.3 Å². The summed E-state index contributed by atoms with van der Waals surface area (Å²) >= 11 is 0. The molecule has 0 bridgehead atoms. The van der Waals surface area contributed by atoms with Crippen LogP contribution < -0.4 is 20.3 Å². The van der Waals surface area contributed by atoms with Crippen LogP contribution >= 0.6 is 0 Å². The zero-order valence-electron chi connectivity index (χ0n) is 13.4. The first kappa shape index (κ1) is 15.3. The topological polar surface area (TPSA) is 53.6 Å². The molecule has 1 saturated heterocycles. The first-order valence-corrected chi connectivity index (χ1v) is 8.09. The molecule has 1 unspecified atom stereocenters. The van der Waals surface area contributed by atoms with Gasteiger partial charge in [-0.2, -0.15) is 0 Å². The lowest BCUT2D eigenvalue weighted by Crippen LogP contribution is -2.42. The molecule has 1 amide bonds. The van der Waals surface area contributed by atoms with Crippen molar-refractivity contribution < 1.29 is 9.53 Å². The maximum absolute atomic E-state index is 11.9. The van der Waals surface area contributed by atoms with E-state index in [0.29, 0.717) is 12.5 Å². The molecular weight excluding hydrogens is 278 g/mol. The summed E-state index contributed by atoms with van der Waals surface area (Å²) in [6.07, 6.45) is 3.81. The third-order valence-corrected chi connectivity index (χ3v) is 4.70. The largest absolute Gasteiger partial charge is 0.496 e. The van der Waals surface area contributed by atoms with Gasteiger partial charge in [0.1, 0.15) is 5.75 Å². The molecule has 1 aromatic rings. The van der Waals surface area contributed by atoms with Gasteiger partial charge in [0.2, 0.25) is 5.91 Å². The molecule has 5 nitrogen and oxygen atoms in total. The van der Waals surface area contributed by atoms with Crippen molar-refractivity contribution in [2.45, 2.75) is 38.3 Å². The molecule has 3 rings (SSSR count). The Morgan fingerprint density at radius 3 is 3.00 bits per heavy atom. The van der Waals surface area contributed by atoms with E-state index in [1.54, 1.807) is 12.0 Å². The fourth-order valence-electron chi connectivity index (χ4n) is 3.32. The van der Waals surface area contributed by atoms with Crippen molar-refractivity contribution in [3.63, 3.8) is 0 Å². The third-order valence-electron chi connectivity index (χ3n) is 4.70. The van der Waals surface area contributed by atoms with Crippen LogP contribution in [0.2, 0.25) is 0 Å². The van der Waals surface area contributed by atoms with E-state index in [9.17, 15) is 4.79 Å². The van der Waals surface area contributed by atoms with Crippen LogP contribution in [0.15, 0.2) is 12.1 Å². The predicted molar refractivity (Wildman–Crippen MR) is 87.5 cm³/mol. The third kappa shape index (κ3) is 3.10. The summed E-state index contributed by atoms with van der Waals surface area (Å²) in [7, 11) is 3.57. The lowest BCUT2D eigenvalue weighted by atomic mass is 9.98. The van der Waals surface area contributed by atoms with E-state index in [4.69, 9.17) is 4.74 Å². The van der Waals surface area contributed by atoms with E-state index in [2.05, 4.69) is 22.8 Å². The Balaban J connectivity index is 1.78. The Bertz CT molecular complexity index is 553. The molecule has 0 radical (unpaired) electrons. The van der Waals surface area contributed by atoms with Gasteiger partial charge in [0, 0.05) is 43.9 Å². The Labute approximate surface area is 132 Å². The number of amides is 1. The summed E-state index contributed by atoms with van der Waals surface area (Å²) in [4.78, 5) is 13.7. The highest BCUT2D eigenvalue weighted by Crippen LogP contribution is 2.33. The lowest BCUT2D eigenvalue weighted by molar-refractivity contribution is -0.118. The number of carbonyl (C=O) groups is 1. The number of rotatable bonds is 4. The average molecular weight is 303 g/mol. The maximum atomic E-state index is 11.9. The van der Waals surface area contributed by atoms with Crippen LogP contribution in [-0.2, 0) is 17.8 Å². The van der Waals surface area contributed by atoms with Crippen molar-refractivity contribution in [3.05, 3.63) is 23.3 Å². The molecule has 1 aromatic carbocycles. The van der Waals surface area contributed by atoms with Crippen molar-refractivity contribution >= 4 is 11.6 Å². The van der Waals surface area contributed by atoms with E-state index in [0.717, 1.165) is 43.1 Å². The summed E-state index contributed by atoms with van der Waals surface area (Å²) in [6, 6.07) is 4.71. The summed E-state index contributed by atoms with van der Waals surface area (Å²) in [5.41, 5.74) is 3.34. The first-order chi connectivity index (χ1) is 10.7. The number of ether oxygens (including phenoxy) is 1. The first-order valence-electron chi connectivity index (χ1n) is 8.09. The fourth-order valence-corrected chi connectivity index (χ4v) is 3.32. The van der Waals surface area contributed by atoms with Crippen molar-refractivity contribution in [2.24, 2.45) is 0 Å². The molecule has 0 saturated carbocycles. The summed E-state index contributed by atoms with van der Waals surface area (Å²) in [6.45, 7) is 2.91. The average Bonchev–Trinajstić information content (AvgIpc) is 2.57. The van der Waals surface area contributed by atoms with Crippen molar-refractivity contribution in [3.8, 4) is 5.75 Å². The number of hydrogen-bond acceptors (Lipinski definition) is 4. The van der Waals surface area contributed by atoms with Crippen LogP contribution in [0.5, 0.6) is 5.75 Å². The van der Waals surface area contributed by atoms with E-state index in [1.807, 2.05) is 7.05 Å².